The van der Waals surface area contributed by atoms with Crippen molar-refractivity contribution in [2.24, 2.45) is 5.73 Å². The molecule has 2 N–H and O–H groups in total. The van der Waals surface area contributed by atoms with Gasteiger partial charge in [0.15, 0.2) is 0 Å². The normalized spacial score (nSPS) is 19.4. The summed E-state index contributed by atoms with van der Waals surface area (Å²) in [5, 5.41) is 0. The molecule has 2 rings (SSSR count). The monoisotopic (exact) mass is 286 g/mol. The van der Waals surface area contributed by atoms with Gasteiger partial charge in [-0.3, -0.25) is 4.79 Å². The fourth-order valence-electron chi connectivity index (χ4n) is 2.28. The van der Waals surface area contributed by atoms with Gasteiger partial charge in [0, 0.05) is 25.6 Å². The molecule has 1 saturated heterocycles. The Morgan fingerprint density at radius 3 is 2.45 bits per heavy atom. The number of hydrogen-bond acceptors (Lipinski definition) is 2. The average Bonchev–Trinajstić information content (AvgIpc) is 2.82. The third-order valence-electron chi connectivity index (χ3n) is 3.49. The largest absolute Gasteiger partial charge is 0.416 e. The van der Waals surface area contributed by atoms with E-state index < -0.39 is 11.7 Å². The van der Waals surface area contributed by atoms with Gasteiger partial charge in [-0.25, -0.2) is 0 Å². The summed E-state index contributed by atoms with van der Waals surface area (Å²) in [7, 11) is 0. The maximum absolute atomic E-state index is 12.4. The van der Waals surface area contributed by atoms with E-state index in [0.717, 1.165) is 24.1 Å². The quantitative estimate of drug-likeness (QED) is 0.926. The predicted octanol–water partition coefficient (Wildman–Crippen LogP) is 2.20. The highest BCUT2D eigenvalue weighted by Crippen LogP contribution is 2.29. The van der Waals surface area contributed by atoms with Crippen LogP contribution in [0.25, 0.3) is 0 Å². The molecular weight excluding hydrogens is 269 g/mol. The van der Waals surface area contributed by atoms with Crippen molar-refractivity contribution >= 4 is 5.91 Å². The highest BCUT2D eigenvalue weighted by atomic mass is 19.4. The van der Waals surface area contributed by atoms with Gasteiger partial charge in [-0.1, -0.05) is 12.1 Å². The second kappa shape index (κ2) is 5.83. The Morgan fingerprint density at radius 1 is 1.30 bits per heavy atom. The van der Waals surface area contributed by atoms with Crippen LogP contribution in [0.2, 0.25) is 0 Å². The fraction of sp³-hybridized carbons (Fsp3) is 0.500. The van der Waals surface area contributed by atoms with Crippen LogP contribution in [-0.4, -0.2) is 29.9 Å². The summed E-state index contributed by atoms with van der Waals surface area (Å²) < 4.78 is 37.2. The van der Waals surface area contributed by atoms with Crippen molar-refractivity contribution in [3.8, 4) is 0 Å². The first kappa shape index (κ1) is 14.8. The van der Waals surface area contributed by atoms with Gasteiger partial charge in [-0.15, -0.1) is 0 Å². The van der Waals surface area contributed by atoms with Gasteiger partial charge in [0.1, 0.15) is 0 Å². The summed E-state index contributed by atoms with van der Waals surface area (Å²) >= 11 is 0. The predicted molar refractivity (Wildman–Crippen MR) is 68.9 cm³/mol. The molecule has 0 aromatic heterocycles. The van der Waals surface area contributed by atoms with Crippen molar-refractivity contribution < 1.29 is 18.0 Å². The number of halogens is 3. The Hall–Kier alpha value is -1.56. The lowest BCUT2D eigenvalue weighted by atomic mass is 10.1. The van der Waals surface area contributed by atoms with E-state index in [9.17, 15) is 18.0 Å². The molecule has 1 fully saturated rings. The number of carbonyl (C=O) groups excluding carboxylic acids is 1. The van der Waals surface area contributed by atoms with Crippen LogP contribution in [0.5, 0.6) is 0 Å². The highest BCUT2D eigenvalue weighted by Gasteiger charge is 2.30. The Bertz CT molecular complexity index is 470. The van der Waals surface area contributed by atoms with Gasteiger partial charge in [-0.05, 0) is 30.5 Å². The van der Waals surface area contributed by atoms with Crippen molar-refractivity contribution in [3.63, 3.8) is 0 Å². The van der Waals surface area contributed by atoms with Gasteiger partial charge in [-0.2, -0.15) is 13.2 Å². The maximum atomic E-state index is 12.4. The first-order valence-electron chi connectivity index (χ1n) is 6.56. The Balaban J connectivity index is 1.86. The lowest BCUT2D eigenvalue weighted by molar-refractivity contribution is -0.137. The Labute approximate surface area is 115 Å². The molecule has 1 aromatic rings. The molecule has 20 heavy (non-hydrogen) atoms. The van der Waals surface area contributed by atoms with Crippen molar-refractivity contribution in [1.29, 1.82) is 0 Å². The lowest BCUT2D eigenvalue weighted by Gasteiger charge is -2.15. The number of benzene rings is 1. The first-order valence-corrected chi connectivity index (χ1v) is 6.56. The van der Waals surface area contributed by atoms with E-state index in [1.807, 2.05) is 0 Å². The van der Waals surface area contributed by atoms with Crippen LogP contribution < -0.4 is 5.73 Å². The number of nitrogens with zero attached hydrogens (tertiary/aromatic N) is 1. The van der Waals surface area contributed by atoms with Crippen molar-refractivity contribution in [2.45, 2.75) is 31.5 Å². The molecule has 0 aliphatic carbocycles. The second-order valence-electron chi connectivity index (χ2n) is 5.08. The van der Waals surface area contributed by atoms with Crippen LogP contribution in [0.4, 0.5) is 13.2 Å². The smallest absolute Gasteiger partial charge is 0.341 e. The van der Waals surface area contributed by atoms with Crippen LogP contribution in [0, 0.1) is 0 Å². The molecule has 0 bridgehead atoms. The molecular formula is C14H17F3N2O. The number of aryl methyl sites for hydroxylation is 1. The molecule has 0 spiro atoms. The number of likely N-dealkylation sites (tertiary alicyclic amines) is 1. The van der Waals surface area contributed by atoms with Gasteiger partial charge < -0.3 is 10.6 Å². The zero-order valence-corrected chi connectivity index (χ0v) is 11.0. The van der Waals surface area contributed by atoms with E-state index in [2.05, 4.69) is 0 Å². The molecule has 1 heterocycles. The standard InChI is InChI=1S/C14H17F3N2O/c15-14(16,17)11-4-1-10(2-5-11)3-6-13(20)19-8-7-12(18)9-19/h1-2,4-5,12H,3,6-9,18H2/t12-/m1/s1. The summed E-state index contributed by atoms with van der Waals surface area (Å²) in [6.45, 7) is 1.25. The molecule has 3 nitrogen and oxygen atoms in total. The number of carbonyl (C=O) groups is 1. The Kier molecular flexibility index (Phi) is 4.32. The minimum atomic E-state index is -4.32. The number of amides is 1. The number of rotatable bonds is 3. The van der Waals surface area contributed by atoms with Crippen molar-refractivity contribution in [2.75, 3.05) is 13.1 Å². The van der Waals surface area contributed by atoms with Crippen molar-refractivity contribution in [3.05, 3.63) is 35.4 Å². The molecule has 0 unspecified atom stereocenters. The van der Waals surface area contributed by atoms with Crippen LogP contribution in [0.3, 0.4) is 0 Å². The third-order valence-corrected chi connectivity index (χ3v) is 3.49. The third kappa shape index (κ3) is 3.72. The molecule has 1 aliphatic heterocycles. The summed E-state index contributed by atoms with van der Waals surface area (Å²) in [5.74, 6) is 0.0119. The zero-order chi connectivity index (χ0) is 14.8. The van der Waals surface area contributed by atoms with Gasteiger partial charge >= 0.3 is 6.18 Å². The molecule has 1 aromatic carbocycles. The Morgan fingerprint density at radius 2 is 1.95 bits per heavy atom. The van der Waals surface area contributed by atoms with E-state index in [0.29, 0.717) is 25.9 Å². The summed E-state index contributed by atoms with van der Waals surface area (Å²) in [4.78, 5) is 13.6. The summed E-state index contributed by atoms with van der Waals surface area (Å²) in [6.07, 6.45) is -2.76. The van der Waals surface area contributed by atoms with E-state index in [1.54, 1.807) is 4.90 Å². The molecule has 0 radical (unpaired) electrons. The molecule has 110 valence electrons. The zero-order valence-electron chi connectivity index (χ0n) is 11.0. The van der Waals surface area contributed by atoms with Gasteiger partial charge in [0.25, 0.3) is 0 Å². The van der Waals surface area contributed by atoms with Gasteiger partial charge in [0.05, 0.1) is 5.56 Å². The van der Waals surface area contributed by atoms with Crippen LogP contribution >= 0.6 is 0 Å². The minimum Gasteiger partial charge on any atom is -0.341 e. The number of alkyl halides is 3. The first-order chi connectivity index (χ1) is 9.36. The maximum Gasteiger partial charge on any atom is 0.416 e. The number of hydrogen-bond donors (Lipinski definition) is 1. The van der Waals surface area contributed by atoms with Crippen LogP contribution in [0.1, 0.15) is 24.0 Å². The van der Waals surface area contributed by atoms with Crippen LogP contribution in [0.15, 0.2) is 24.3 Å². The minimum absolute atomic E-state index is 0.0119. The summed E-state index contributed by atoms with van der Waals surface area (Å²) in [6, 6.07) is 4.99. The van der Waals surface area contributed by atoms with Crippen LogP contribution in [-0.2, 0) is 17.4 Å². The highest BCUT2D eigenvalue weighted by molar-refractivity contribution is 5.76. The van der Waals surface area contributed by atoms with E-state index >= 15 is 0 Å². The van der Waals surface area contributed by atoms with Gasteiger partial charge in [0.2, 0.25) is 5.91 Å². The molecule has 1 aliphatic rings. The number of nitrogens with two attached hydrogens (primary N) is 1. The topological polar surface area (TPSA) is 46.3 Å². The van der Waals surface area contributed by atoms with E-state index in [4.69, 9.17) is 5.73 Å². The SMILES string of the molecule is N[C@@H]1CCN(C(=O)CCc2ccc(C(F)(F)F)cc2)C1. The average molecular weight is 286 g/mol. The molecule has 6 heteroatoms. The summed E-state index contributed by atoms with van der Waals surface area (Å²) in [5.41, 5.74) is 5.79. The second-order valence-corrected chi connectivity index (χ2v) is 5.08. The van der Waals surface area contributed by atoms with E-state index in [1.165, 1.54) is 12.1 Å². The molecule has 0 saturated carbocycles. The lowest BCUT2D eigenvalue weighted by Crippen LogP contribution is -2.31. The van der Waals surface area contributed by atoms with Crippen molar-refractivity contribution in [1.82, 2.24) is 4.90 Å². The fourth-order valence-corrected chi connectivity index (χ4v) is 2.28. The molecule has 1 atom stereocenters. The van der Waals surface area contributed by atoms with E-state index in [-0.39, 0.29) is 11.9 Å². The molecule has 1 amide bonds.